The van der Waals surface area contributed by atoms with E-state index in [0.29, 0.717) is 0 Å². The van der Waals surface area contributed by atoms with Gasteiger partial charge in [0.05, 0.1) is 0 Å². The van der Waals surface area contributed by atoms with Gasteiger partial charge in [0.25, 0.3) is 0 Å². The Balaban J connectivity index is 2.26. The lowest BCUT2D eigenvalue weighted by molar-refractivity contribution is 0.389. The lowest BCUT2D eigenvalue weighted by Crippen LogP contribution is -2.13. The van der Waals surface area contributed by atoms with Gasteiger partial charge in [0.15, 0.2) is 0 Å². The summed E-state index contributed by atoms with van der Waals surface area (Å²) in [5.41, 5.74) is 3.19. The molecule has 0 saturated heterocycles. The van der Waals surface area contributed by atoms with E-state index >= 15 is 0 Å². The summed E-state index contributed by atoms with van der Waals surface area (Å²) in [5.74, 6) is 2.22. The highest BCUT2D eigenvalue weighted by atomic mass is 14.4. The number of rotatable bonds is 3. The third-order valence-electron chi connectivity index (χ3n) is 4.86. The minimum absolute atomic E-state index is 0.723. The molecule has 3 atom stereocenters. The second-order valence-corrected chi connectivity index (χ2v) is 5.72. The summed E-state index contributed by atoms with van der Waals surface area (Å²) in [5, 5.41) is 2.98. The Labute approximate surface area is 110 Å². The molecule has 2 aromatic carbocycles. The van der Waals surface area contributed by atoms with Gasteiger partial charge in [0, 0.05) is 0 Å². The molecule has 2 aromatic rings. The van der Waals surface area contributed by atoms with Gasteiger partial charge in [-0.1, -0.05) is 63.6 Å². The van der Waals surface area contributed by atoms with Gasteiger partial charge in [-0.15, -0.1) is 0 Å². The van der Waals surface area contributed by atoms with E-state index in [1.807, 2.05) is 0 Å². The predicted octanol–water partition coefficient (Wildman–Crippen LogP) is 5.48. The van der Waals surface area contributed by atoms with Gasteiger partial charge < -0.3 is 0 Å². The monoisotopic (exact) mass is 238 g/mol. The van der Waals surface area contributed by atoms with Crippen molar-refractivity contribution in [3.63, 3.8) is 0 Å². The SMILES string of the molecule is CCC(C)C1c2cccc3cccc(c23)C1CC. The first-order valence-corrected chi connectivity index (χ1v) is 7.29. The maximum absolute atomic E-state index is 2.41. The van der Waals surface area contributed by atoms with Crippen molar-refractivity contribution in [1.29, 1.82) is 0 Å². The molecule has 0 spiro atoms. The van der Waals surface area contributed by atoms with Crippen LogP contribution in [0.15, 0.2) is 36.4 Å². The fourth-order valence-electron chi connectivity index (χ4n) is 3.83. The molecule has 94 valence electrons. The van der Waals surface area contributed by atoms with Crippen LogP contribution in [0.25, 0.3) is 10.8 Å². The van der Waals surface area contributed by atoms with Crippen LogP contribution in [-0.2, 0) is 0 Å². The van der Waals surface area contributed by atoms with Gasteiger partial charge in [-0.3, -0.25) is 0 Å². The van der Waals surface area contributed by atoms with Crippen molar-refractivity contribution in [1.82, 2.24) is 0 Å². The largest absolute Gasteiger partial charge is 0.0651 e. The Bertz CT molecular complexity index is 562. The van der Waals surface area contributed by atoms with Gasteiger partial charge in [-0.05, 0) is 46.1 Å². The van der Waals surface area contributed by atoms with Crippen LogP contribution in [-0.4, -0.2) is 0 Å². The topological polar surface area (TPSA) is 0 Å². The van der Waals surface area contributed by atoms with Gasteiger partial charge in [0.2, 0.25) is 0 Å². The molecular formula is C18H22. The van der Waals surface area contributed by atoms with Crippen LogP contribution in [0.5, 0.6) is 0 Å². The molecule has 3 rings (SSSR count). The fraction of sp³-hybridized carbons (Fsp3) is 0.444. The van der Waals surface area contributed by atoms with Crippen molar-refractivity contribution in [3.8, 4) is 0 Å². The van der Waals surface area contributed by atoms with Crippen molar-refractivity contribution in [2.45, 2.75) is 45.4 Å². The lowest BCUT2D eigenvalue weighted by atomic mass is 9.78. The molecule has 3 unspecified atom stereocenters. The highest BCUT2D eigenvalue weighted by Gasteiger charge is 2.35. The molecule has 0 aliphatic heterocycles. The maximum atomic E-state index is 2.41. The average Bonchev–Trinajstić information content (AvgIpc) is 2.74. The molecule has 0 nitrogen and oxygen atoms in total. The van der Waals surface area contributed by atoms with Crippen LogP contribution < -0.4 is 0 Å². The lowest BCUT2D eigenvalue weighted by Gasteiger charge is -2.26. The van der Waals surface area contributed by atoms with Crippen molar-refractivity contribution < 1.29 is 0 Å². The number of benzene rings is 2. The standard InChI is InChI=1S/C18H22/c1-4-12(3)17-14(5-2)15-10-6-8-13-9-7-11-16(17)18(13)15/h6-12,14,17H,4-5H2,1-3H3. The Morgan fingerprint density at radius 3 is 2.28 bits per heavy atom. The molecule has 1 aliphatic carbocycles. The van der Waals surface area contributed by atoms with Crippen molar-refractivity contribution in [2.24, 2.45) is 5.92 Å². The number of hydrogen-bond acceptors (Lipinski definition) is 0. The summed E-state index contributed by atoms with van der Waals surface area (Å²) in [7, 11) is 0. The smallest absolute Gasteiger partial charge is 0.00611 e. The third-order valence-corrected chi connectivity index (χ3v) is 4.86. The first-order valence-electron chi connectivity index (χ1n) is 7.29. The Morgan fingerprint density at radius 1 is 1.00 bits per heavy atom. The van der Waals surface area contributed by atoms with E-state index in [9.17, 15) is 0 Å². The van der Waals surface area contributed by atoms with Crippen LogP contribution in [0, 0.1) is 5.92 Å². The highest BCUT2D eigenvalue weighted by molar-refractivity contribution is 5.92. The van der Waals surface area contributed by atoms with Crippen LogP contribution >= 0.6 is 0 Å². The summed E-state index contributed by atoms with van der Waals surface area (Å²) >= 11 is 0. The van der Waals surface area contributed by atoms with Crippen molar-refractivity contribution >= 4 is 10.8 Å². The van der Waals surface area contributed by atoms with Gasteiger partial charge in [-0.25, -0.2) is 0 Å². The Morgan fingerprint density at radius 2 is 1.67 bits per heavy atom. The van der Waals surface area contributed by atoms with E-state index in [4.69, 9.17) is 0 Å². The predicted molar refractivity (Wildman–Crippen MR) is 79.2 cm³/mol. The van der Waals surface area contributed by atoms with E-state index < -0.39 is 0 Å². The van der Waals surface area contributed by atoms with Crippen LogP contribution in [0.4, 0.5) is 0 Å². The molecule has 18 heavy (non-hydrogen) atoms. The first-order chi connectivity index (χ1) is 8.77. The van der Waals surface area contributed by atoms with Crippen molar-refractivity contribution in [3.05, 3.63) is 47.5 Å². The van der Waals surface area contributed by atoms with Gasteiger partial charge >= 0.3 is 0 Å². The summed E-state index contributed by atoms with van der Waals surface area (Å²) in [6.07, 6.45) is 2.52. The molecule has 0 radical (unpaired) electrons. The summed E-state index contributed by atoms with van der Waals surface area (Å²) in [4.78, 5) is 0. The van der Waals surface area contributed by atoms with E-state index in [2.05, 4.69) is 57.2 Å². The maximum Gasteiger partial charge on any atom is -0.00611 e. The van der Waals surface area contributed by atoms with E-state index in [0.717, 1.165) is 17.8 Å². The second kappa shape index (κ2) is 4.42. The zero-order chi connectivity index (χ0) is 12.7. The molecule has 0 amide bonds. The van der Waals surface area contributed by atoms with Gasteiger partial charge in [-0.2, -0.15) is 0 Å². The zero-order valence-corrected chi connectivity index (χ0v) is 11.6. The molecule has 0 N–H and O–H groups in total. The quantitative estimate of drug-likeness (QED) is 0.664. The summed E-state index contributed by atoms with van der Waals surface area (Å²) in [6.45, 7) is 7.07. The van der Waals surface area contributed by atoms with E-state index in [1.54, 1.807) is 16.5 Å². The average molecular weight is 238 g/mol. The normalized spacial score (nSPS) is 23.5. The zero-order valence-electron chi connectivity index (χ0n) is 11.6. The highest BCUT2D eigenvalue weighted by Crippen LogP contribution is 2.51. The minimum Gasteiger partial charge on any atom is -0.0651 e. The van der Waals surface area contributed by atoms with E-state index in [-0.39, 0.29) is 0 Å². The van der Waals surface area contributed by atoms with Crippen LogP contribution in [0.3, 0.4) is 0 Å². The molecule has 1 aliphatic rings. The molecule has 0 saturated carbocycles. The Kier molecular flexibility index (Phi) is 2.89. The Hall–Kier alpha value is -1.30. The summed E-state index contributed by atoms with van der Waals surface area (Å²) < 4.78 is 0. The minimum atomic E-state index is 0.723. The third kappa shape index (κ3) is 1.51. The molecule has 0 heterocycles. The molecule has 0 heteroatoms. The van der Waals surface area contributed by atoms with Crippen molar-refractivity contribution in [2.75, 3.05) is 0 Å². The van der Waals surface area contributed by atoms with Crippen LogP contribution in [0.1, 0.15) is 56.6 Å². The van der Waals surface area contributed by atoms with E-state index in [1.165, 1.54) is 18.2 Å². The first kappa shape index (κ1) is 11.8. The molecule has 0 fully saturated rings. The number of hydrogen-bond donors (Lipinski definition) is 0. The van der Waals surface area contributed by atoms with Gasteiger partial charge in [0.1, 0.15) is 0 Å². The molecular weight excluding hydrogens is 216 g/mol. The fourth-order valence-corrected chi connectivity index (χ4v) is 3.83. The van der Waals surface area contributed by atoms with Crippen LogP contribution in [0.2, 0.25) is 0 Å². The second-order valence-electron chi connectivity index (χ2n) is 5.72. The summed E-state index contributed by atoms with van der Waals surface area (Å²) in [6, 6.07) is 13.7. The molecule has 0 bridgehead atoms. The molecule has 0 aromatic heterocycles.